The smallest absolute Gasteiger partial charge is 0.312 e. The summed E-state index contributed by atoms with van der Waals surface area (Å²) in [6.45, 7) is 10.1. The van der Waals surface area contributed by atoms with Crippen LogP contribution in [-0.4, -0.2) is 81.1 Å². The van der Waals surface area contributed by atoms with E-state index in [0.717, 1.165) is 5.56 Å². The van der Waals surface area contributed by atoms with Crippen LogP contribution in [0.15, 0.2) is 43.0 Å². The number of fused-ring (bicyclic) bond motifs is 1. The molecular weight excluding hydrogens is 540 g/mol. The number of amides is 2. The van der Waals surface area contributed by atoms with Crippen molar-refractivity contribution in [3.05, 3.63) is 48.6 Å². The first-order valence-electron chi connectivity index (χ1n) is 13.0. The Morgan fingerprint density at radius 3 is 2.65 bits per heavy atom. The minimum Gasteiger partial charge on any atom is -0.466 e. The van der Waals surface area contributed by atoms with Crippen LogP contribution >= 0.6 is 15.9 Å². The van der Waals surface area contributed by atoms with E-state index in [2.05, 4.69) is 22.5 Å². The Kier molecular flexibility index (Phi) is 8.45. The predicted octanol–water partition coefficient (Wildman–Crippen LogP) is 2.92. The number of ether oxygens (including phenoxy) is 2. The van der Waals surface area contributed by atoms with Crippen molar-refractivity contribution in [3.63, 3.8) is 0 Å². The van der Waals surface area contributed by atoms with Gasteiger partial charge in [0.2, 0.25) is 11.8 Å². The van der Waals surface area contributed by atoms with E-state index in [4.69, 9.17) is 9.47 Å². The van der Waals surface area contributed by atoms with Gasteiger partial charge in [-0.2, -0.15) is 0 Å². The molecule has 3 aliphatic rings. The van der Waals surface area contributed by atoms with Crippen LogP contribution < -0.4 is 0 Å². The van der Waals surface area contributed by atoms with Crippen LogP contribution in [0.2, 0.25) is 0 Å². The van der Waals surface area contributed by atoms with Crippen LogP contribution in [-0.2, 0) is 30.4 Å². The number of hydrogen-bond acceptors (Lipinski definition) is 6. The number of rotatable bonds is 11. The highest BCUT2D eigenvalue weighted by Gasteiger charge is 2.77. The van der Waals surface area contributed by atoms with Crippen molar-refractivity contribution in [1.29, 1.82) is 0 Å². The molecule has 1 aromatic rings. The Balaban J connectivity index is 1.79. The van der Waals surface area contributed by atoms with Crippen molar-refractivity contribution in [3.8, 4) is 0 Å². The molecule has 0 aromatic heterocycles. The highest BCUT2D eigenvalue weighted by molar-refractivity contribution is 9.09. The third kappa shape index (κ3) is 4.86. The average molecular weight is 578 g/mol. The quantitative estimate of drug-likeness (QED) is 0.247. The lowest BCUT2D eigenvalue weighted by atomic mass is 9.70. The first kappa shape index (κ1) is 27.8. The molecule has 2 bridgehead atoms. The molecule has 7 atom stereocenters. The summed E-state index contributed by atoms with van der Waals surface area (Å²) in [6, 6.07) is 8.07. The van der Waals surface area contributed by atoms with E-state index in [-0.39, 0.29) is 42.3 Å². The van der Waals surface area contributed by atoms with Crippen LogP contribution in [0.1, 0.15) is 39.2 Å². The van der Waals surface area contributed by atoms with Gasteiger partial charge in [-0.25, -0.2) is 0 Å². The fourth-order valence-corrected chi connectivity index (χ4v) is 7.38. The maximum Gasteiger partial charge on any atom is 0.312 e. The molecule has 4 rings (SSSR count). The summed E-state index contributed by atoms with van der Waals surface area (Å²) >= 11 is 3.67. The molecule has 202 valence electrons. The number of likely N-dealkylation sites (tertiary alicyclic amines) is 1. The average Bonchev–Trinajstić information content (AvgIpc) is 3.46. The van der Waals surface area contributed by atoms with Gasteiger partial charge in [-0.05, 0) is 31.2 Å². The molecule has 1 spiro atoms. The molecule has 1 aromatic carbocycles. The topological polar surface area (TPSA) is 96.4 Å². The number of esters is 1. The van der Waals surface area contributed by atoms with Crippen LogP contribution in [0.4, 0.5) is 0 Å². The second kappa shape index (κ2) is 11.3. The number of alkyl halides is 1. The van der Waals surface area contributed by atoms with E-state index >= 15 is 0 Å². The van der Waals surface area contributed by atoms with Crippen molar-refractivity contribution in [2.24, 2.45) is 17.8 Å². The third-order valence-electron chi connectivity index (χ3n) is 7.74. The summed E-state index contributed by atoms with van der Waals surface area (Å²) < 4.78 is 11.9. The van der Waals surface area contributed by atoms with Gasteiger partial charge in [-0.15, -0.1) is 6.58 Å². The van der Waals surface area contributed by atoms with Gasteiger partial charge in [0.15, 0.2) is 0 Å². The zero-order chi connectivity index (χ0) is 26.9. The van der Waals surface area contributed by atoms with Crippen LogP contribution in [0.5, 0.6) is 0 Å². The molecule has 9 heteroatoms. The molecular formula is C28H37BrN2O6. The van der Waals surface area contributed by atoms with E-state index < -0.39 is 41.6 Å². The van der Waals surface area contributed by atoms with Crippen molar-refractivity contribution in [2.75, 3.05) is 19.8 Å². The van der Waals surface area contributed by atoms with Gasteiger partial charge >= 0.3 is 5.97 Å². The first-order valence-corrected chi connectivity index (χ1v) is 14.0. The molecule has 3 aliphatic heterocycles. The Hall–Kier alpha value is -2.23. The van der Waals surface area contributed by atoms with E-state index in [9.17, 15) is 19.5 Å². The third-order valence-corrected chi connectivity index (χ3v) is 8.59. The molecule has 1 N–H and O–H groups in total. The van der Waals surface area contributed by atoms with Gasteiger partial charge in [-0.1, -0.05) is 66.2 Å². The zero-order valence-corrected chi connectivity index (χ0v) is 23.3. The highest BCUT2D eigenvalue weighted by Crippen LogP contribution is 2.60. The lowest BCUT2D eigenvalue weighted by Crippen LogP contribution is -2.59. The van der Waals surface area contributed by atoms with Gasteiger partial charge in [-0.3, -0.25) is 14.4 Å². The molecule has 3 fully saturated rings. The van der Waals surface area contributed by atoms with Crippen molar-refractivity contribution >= 4 is 33.7 Å². The van der Waals surface area contributed by atoms with Gasteiger partial charge in [0.25, 0.3) is 0 Å². The van der Waals surface area contributed by atoms with Gasteiger partial charge in [0.1, 0.15) is 11.6 Å². The SMILES string of the molecule is C=CCN(Cc1ccccc1)C(=O)[C@@H]1N([C@@H](CO)CC(C)C)C(=O)[C@H]2[C@H](C(=O)OCC)[C@H]3O[C@@]12CC3Br. The second-order valence-electron chi connectivity index (χ2n) is 10.6. The summed E-state index contributed by atoms with van der Waals surface area (Å²) in [7, 11) is 0. The Morgan fingerprint density at radius 1 is 1.35 bits per heavy atom. The highest BCUT2D eigenvalue weighted by atomic mass is 79.9. The fourth-order valence-electron chi connectivity index (χ4n) is 6.43. The number of nitrogens with zero attached hydrogens (tertiary/aromatic N) is 2. The van der Waals surface area contributed by atoms with Gasteiger partial charge < -0.3 is 24.4 Å². The van der Waals surface area contributed by atoms with Gasteiger partial charge in [0.05, 0.1) is 37.2 Å². The molecule has 0 saturated carbocycles. The molecule has 2 amide bonds. The summed E-state index contributed by atoms with van der Waals surface area (Å²) in [5, 5.41) is 10.4. The van der Waals surface area contributed by atoms with E-state index in [1.807, 2.05) is 44.2 Å². The molecule has 0 radical (unpaired) electrons. The predicted molar refractivity (Wildman–Crippen MR) is 142 cm³/mol. The number of aliphatic hydroxyl groups excluding tert-OH is 1. The summed E-state index contributed by atoms with van der Waals surface area (Å²) in [5.41, 5.74) is -0.242. The zero-order valence-electron chi connectivity index (χ0n) is 21.7. The molecule has 37 heavy (non-hydrogen) atoms. The second-order valence-corrected chi connectivity index (χ2v) is 11.8. The van der Waals surface area contributed by atoms with Crippen molar-refractivity contribution in [1.82, 2.24) is 9.80 Å². The van der Waals surface area contributed by atoms with E-state index in [1.54, 1.807) is 17.9 Å². The fraction of sp³-hybridized carbons (Fsp3) is 0.607. The molecule has 0 aliphatic carbocycles. The minimum absolute atomic E-state index is 0.175. The number of hydrogen-bond donors (Lipinski definition) is 1. The molecule has 3 heterocycles. The monoisotopic (exact) mass is 576 g/mol. The van der Waals surface area contributed by atoms with Gasteiger partial charge in [0, 0.05) is 17.9 Å². The standard InChI is InChI=1S/C28H37BrN2O6/c1-5-12-30(15-18-10-8-7-9-11-18)26(34)24-28-14-20(29)23(37-28)21(27(35)36-6-2)22(28)25(33)31(24)19(16-32)13-17(3)4/h5,7-11,17,19-24,32H,1,6,12-16H2,2-4H3/t19-,20?,21+,22-,23+,24+,28-/m1/s1. The summed E-state index contributed by atoms with van der Waals surface area (Å²) in [5.74, 6) is -2.56. The first-order chi connectivity index (χ1) is 17.7. The normalized spacial score (nSPS) is 30.9. The van der Waals surface area contributed by atoms with Crippen molar-refractivity contribution in [2.45, 2.75) is 68.8 Å². The number of carbonyl (C=O) groups is 3. The maximum atomic E-state index is 14.4. The number of carbonyl (C=O) groups excluding carboxylic acids is 3. The summed E-state index contributed by atoms with van der Waals surface area (Å²) in [4.78, 5) is 44.7. The van der Waals surface area contributed by atoms with Crippen LogP contribution in [0, 0.1) is 17.8 Å². The van der Waals surface area contributed by atoms with Crippen molar-refractivity contribution < 1.29 is 29.0 Å². The minimum atomic E-state index is -1.19. The molecule has 3 saturated heterocycles. The Labute approximate surface area is 227 Å². The Morgan fingerprint density at radius 2 is 2.05 bits per heavy atom. The number of aliphatic hydroxyl groups is 1. The molecule has 8 nitrogen and oxygen atoms in total. The lowest BCUT2D eigenvalue weighted by Gasteiger charge is -2.39. The van der Waals surface area contributed by atoms with Crippen LogP contribution in [0.3, 0.4) is 0 Å². The lowest BCUT2D eigenvalue weighted by molar-refractivity contribution is -0.156. The maximum absolute atomic E-state index is 14.4. The van der Waals surface area contributed by atoms with E-state index in [0.29, 0.717) is 19.4 Å². The number of benzene rings is 1. The summed E-state index contributed by atoms with van der Waals surface area (Å²) in [6.07, 6.45) is 2.02. The largest absolute Gasteiger partial charge is 0.466 e. The van der Waals surface area contributed by atoms with E-state index in [1.165, 1.54) is 4.90 Å². The van der Waals surface area contributed by atoms with Crippen LogP contribution in [0.25, 0.3) is 0 Å². The number of halogens is 1. The Bertz CT molecular complexity index is 1020. The molecule has 1 unspecified atom stereocenters.